The number of aryl methyl sites for hydroxylation is 1. The Labute approximate surface area is 117 Å². The summed E-state index contributed by atoms with van der Waals surface area (Å²) in [7, 11) is 0. The number of rotatable bonds is 3. The molecule has 0 spiro atoms. The van der Waals surface area contributed by atoms with Gasteiger partial charge in [-0.05, 0) is 29.7 Å². The van der Waals surface area contributed by atoms with E-state index in [1.165, 1.54) is 0 Å². The monoisotopic (exact) mass is 280 g/mol. The maximum absolute atomic E-state index is 10.4. The topological polar surface area (TPSA) is 20.2 Å². The lowest BCUT2D eigenvalue weighted by Gasteiger charge is -2.16. The van der Waals surface area contributed by atoms with Crippen molar-refractivity contribution in [1.29, 1.82) is 0 Å². The van der Waals surface area contributed by atoms with Crippen LogP contribution in [0.4, 0.5) is 0 Å². The minimum Gasteiger partial charge on any atom is -0.384 e. The van der Waals surface area contributed by atoms with Crippen molar-refractivity contribution in [3.8, 4) is 0 Å². The van der Waals surface area contributed by atoms with Gasteiger partial charge in [-0.15, -0.1) is 0 Å². The molecule has 0 amide bonds. The summed E-state index contributed by atoms with van der Waals surface area (Å²) in [5.74, 6) is 0. The summed E-state index contributed by atoms with van der Waals surface area (Å²) >= 11 is 12.0. The van der Waals surface area contributed by atoms with Gasteiger partial charge in [0.25, 0.3) is 0 Å². The summed E-state index contributed by atoms with van der Waals surface area (Å²) in [5, 5.41) is 11.5. The normalized spacial score (nSPS) is 12.4. The van der Waals surface area contributed by atoms with Crippen molar-refractivity contribution in [2.45, 2.75) is 19.4 Å². The molecule has 0 bridgehead atoms. The molecular formula is C15H14Cl2O. The van der Waals surface area contributed by atoms with E-state index in [0.717, 1.165) is 17.5 Å². The summed E-state index contributed by atoms with van der Waals surface area (Å²) in [4.78, 5) is 0. The van der Waals surface area contributed by atoms with Gasteiger partial charge in [-0.3, -0.25) is 0 Å². The molecule has 0 fully saturated rings. The van der Waals surface area contributed by atoms with Gasteiger partial charge in [0, 0.05) is 15.6 Å². The van der Waals surface area contributed by atoms with Crippen molar-refractivity contribution in [3.63, 3.8) is 0 Å². The molecule has 1 nitrogen and oxygen atoms in total. The van der Waals surface area contributed by atoms with Gasteiger partial charge in [0.15, 0.2) is 0 Å². The standard InChI is InChI=1S/C15H14Cl2O/c1-2-10-5-3-4-6-12(10)15(18)13-8-7-11(16)9-14(13)17/h3-9,15,18H,2H2,1H3. The Bertz CT molecular complexity index is 552. The lowest BCUT2D eigenvalue weighted by molar-refractivity contribution is 0.219. The fourth-order valence-electron chi connectivity index (χ4n) is 2.01. The molecule has 0 aliphatic carbocycles. The Morgan fingerprint density at radius 1 is 1.06 bits per heavy atom. The molecule has 0 aromatic heterocycles. The summed E-state index contributed by atoms with van der Waals surface area (Å²) in [5.41, 5.74) is 2.70. The first-order valence-corrected chi connectivity index (χ1v) is 6.60. The maximum atomic E-state index is 10.4. The number of benzene rings is 2. The molecule has 2 aromatic carbocycles. The highest BCUT2D eigenvalue weighted by Gasteiger charge is 2.16. The van der Waals surface area contributed by atoms with Crippen molar-refractivity contribution in [2.24, 2.45) is 0 Å². The highest BCUT2D eigenvalue weighted by molar-refractivity contribution is 6.35. The molecule has 0 aliphatic rings. The Hall–Kier alpha value is -1.02. The van der Waals surface area contributed by atoms with Crippen LogP contribution in [0.2, 0.25) is 10.0 Å². The second kappa shape index (κ2) is 5.75. The molecule has 0 heterocycles. The SMILES string of the molecule is CCc1ccccc1C(O)c1ccc(Cl)cc1Cl. The molecule has 1 N–H and O–H groups in total. The zero-order valence-corrected chi connectivity index (χ0v) is 11.5. The van der Waals surface area contributed by atoms with E-state index in [2.05, 4.69) is 6.92 Å². The van der Waals surface area contributed by atoms with E-state index in [-0.39, 0.29) is 0 Å². The number of hydrogen-bond acceptors (Lipinski definition) is 1. The van der Waals surface area contributed by atoms with Crippen LogP contribution in [0.3, 0.4) is 0 Å². The Morgan fingerprint density at radius 3 is 2.44 bits per heavy atom. The summed E-state index contributed by atoms with van der Waals surface area (Å²) < 4.78 is 0. The Kier molecular flexibility index (Phi) is 4.28. The van der Waals surface area contributed by atoms with E-state index in [1.54, 1.807) is 18.2 Å². The van der Waals surface area contributed by atoms with E-state index in [1.807, 2.05) is 24.3 Å². The van der Waals surface area contributed by atoms with Gasteiger partial charge in [0.1, 0.15) is 6.10 Å². The largest absolute Gasteiger partial charge is 0.384 e. The molecule has 1 atom stereocenters. The molecule has 0 aliphatic heterocycles. The molecule has 0 saturated heterocycles. The number of aliphatic hydroxyl groups is 1. The van der Waals surface area contributed by atoms with Crippen LogP contribution < -0.4 is 0 Å². The summed E-state index contributed by atoms with van der Waals surface area (Å²) in [6.45, 7) is 2.06. The third kappa shape index (κ3) is 2.69. The van der Waals surface area contributed by atoms with Crippen molar-refractivity contribution < 1.29 is 5.11 Å². The molecule has 3 heteroatoms. The summed E-state index contributed by atoms with van der Waals surface area (Å²) in [6, 6.07) is 13.0. The number of halogens is 2. The maximum Gasteiger partial charge on any atom is 0.106 e. The van der Waals surface area contributed by atoms with Gasteiger partial charge in [0.05, 0.1) is 0 Å². The molecule has 18 heavy (non-hydrogen) atoms. The molecule has 94 valence electrons. The van der Waals surface area contributed by atoms with Crippen LogP contribution in [0.1, 0.15) is 29.7 Å². The zero-order valence-electron chi connectivity index (χ0n) is 10.0. The number of aliphatic hydroxyl groups excluding tert-OH is 1. The third-order valence-electron chi connectivity index (χ3n) is 2.99. The minimum absolute atomic E-state index is 0.487. The fourth-order valence-corrected chi connectivity index (χ4v) is 2.53. The average Bonchev–Trinajstić information content (AvgIpc) is 2.38. The second-order valence-corrected chi connectivity index (χ2v) is 4.96. The van der Waals surface area contributed by atoms with Gasteiger partial charge in [0.2, 0.25) is 0 Å². The summed E-state index contributed by atoms with van der Waals surface area (Å²) in [6.07, 6.45) is 0.157. The van der Waals surface area contributed by atoms with Crippen LogP contribution in [-0.4, -0.2) is 5.11 Å². The van der Waals surface area contributed by atoms with Crippen LogP contribution in [-0.2, 0) is 6.42 Å². The van der Waals surface area contributed by atoms with Crippen molar-refractivity contribution >= 4 is 23.2 Å². The van der Waals surface area contributed by atoms with E-state index < -0.39 is 6.10 Å². The lowest BCUT2D eigenvalue weighted by Crippen LogP contribution is -2.04. The van der Waals surface area contributed by atoms with Crippen molar-refractivity contribution in [1.82, 2.24) is 0 Å². The van der Waals surface area contributed by atoms with Gasteiger partial charge in [-0.2, -0.15) is 0 Å². The van der Waals surface area contributed by atoms with Gasteiger partial charge in [-0.1, -0.05) is 60.5 Å². The minimum atomic E-state index is -0.717. The van der Waals surface area contributed by atoms with Crippen molar-refractivity contribution in [2.75, 3.05) is 0 Å². The van der Waals surface area contributed by atoms with E-state index in [9.17, 15) is 5.11 Å². The Morgan fingerprint density at radius 2 is 1.78 bits per heavy atom. The molecular weight excluding hydrogens is 267 g/mol. The third-order valence-corrected chi connectivity index (χ3v) is 3.55. The second-order valence-electron chi connectivity index (χ2n) is 4.12. The van der Waals surface area contributed by atoms with E-state index in [4.69, 9.17) is 23.2 Å². The van der Waals surface area contributed by atoms with Gasteiger partial charge < -0.3 is 5.11 Å². The van der Waals surface area contributed by atoms with E-state index >= 15 is 0 Å². The van der Waals surface area contributed by atoms with Crippen LogP contribution >= 0.6 is 23.2 Å². The van der Waals surface area contributed by atoms with Crippen LogP contribution in [0.5, 0.6) is 0 Å². The highest BCUT2D eigenvalue weighted by atomic mass is 35.5. The molecule has 2 rings (SSSR count). The predicted octanol–water partition coefficient (Wildman–Crippen LogP) is 4.64. The molecule has 0 saturated carbocycles. The molecule has 0 radical (unpaired) electrons. The highest BCUT2D eigenvalue weighted by Crippen LogP contribution is 2.31. The predicted molar refractivity (Wildman–Crippen MR) is 76.3 cm³/mol. The van der Waals surface area contributed by atoms with Gasteiger partial charge >= 0.3 is 0 Å². The zero-order chi connectivity index (χ0) is 13.1. The quantitative estimate of drug-likeness (QED) is 0.869. The molecule has 1 unspecified atom stereocenters. The van der Waals surface area contributed by atoms with E-state index in [0.29, 0.717) is 15.6 Å². The average molecular weight is 281 g/mol. The number of hydrogen-bond donors (Lipinski definition) is 1. The van der Waals surface area contributed by atoms with Crippen LogP contribution in [0.15, 0.2) is 42.5 Å². The van der Waals surface area contributed by atoms with Crippen LogP contribution in [0.25, 0.3) is 0 Å². The van der Waals surface area contributed by atoms with Crippen molar-refractivity contribution in [3.05, 3.63) is 69.2 Å². The fraction of sp³-hybridized carbons (Fsp3) is 0.200. The lowest BCUT2D eigenvalue weighted by atomic mass is 9.95. The first-order chi connectivity index (χ1) is 8.63. The Balaban J connectivity index is 2.44. The van der Waals surface area contributed by atoms with Crippen LogP contribution in [0, 0.1) is 0 Å². The first kappa shape index (κ1) is 13.4. The molecule has 2 aromatic rings. The van der Waals surface area contributed by atoms with Gasteiger partial charge in [-0.25, -0.2) is 0 Å². The first-order valence-electron chi connectivity index (χ1n) is 5.84. The smallest absolute Gasteiger partial charge is 0.106 e.